The van der Waals surface area contributed by atoms with Gasteiger partial charge >= 0.3 is 0 Å². The summed E-state index contributed by atoms with van der Waals surface area (Å²) < 4.78 is 5.90. The van der Waals surface area contributed by atoms with Crippen LogP contribution in [0.3, 0.4) is 0 Å². The van der Waals surface area contributed by atoms with E-state index >= 15 is 0 Å². The molecule has 1 fully saturated rings. The normalized spacial score (nSPS) is 22.1. The van der Waals surface area contributed by atoms with Gasteiger partial charge in [-0.15, -0.1) is 24.0 Å². The summed E-state index contributed by atoms with van der Waals surface area (Å²) >= 11 is 0. The molecule has 6 nitrogen and oxygen atoms in total. The molecule has 0 bridgehead atoms. The van der Waals surface area contributed by atoms with E-state index in [1.54, 1.807) is 7.05 Å². The summed E-state index contributed by atoms with van der Waals surface area (Å²) in [5, 5.41) is 9.42. The maximum Gasteiger partial charge on any atom is 0.239 e. The summed E-state index contributed by atoms with van der Waals surface area (Å²) in [6.07, 6.45) is 4.37. The lowest BCUT2D eigenvalue weighted by atomic mass is 9.58. The van der Waals surface area contributed by atoms with E-state index in [4.69, 9.17) is 4.74 Å². The van der Waals surface area contributed by atoms with Crippen LogP contribution in [0.1, 0.15) is 53.4 Å². The maximum absolute atomic E-state index is 11.7. The van der Waals surface area contributed by atoms with Gasteiger partial charge in [-0.1, -0.05) is 20.8 Å². The monoisotopic (exact) mass is 454 g/mol. The van der Waals surface area contributed by atoms with Crippen LogP contribution in [0.25, 0.3) is 0 Å². The van der Waals surface area contributed by atoms with Crippen molar-refractivity contribution in [2.75, 3.05) is 26.7 Å². The van der Waals surface area contributed by atoms with Crippen molar-refractivity contribution in [1.29, 1.82) is 0 Å². The Labute approximate surface area is 164 Å². The number of aliphatic imine (C=N–C) groups is 1. The number of carbonyl (C=O) groups excluding carboxylic acids is 1. The van der Waals surface area contributed by atoms with Crippen molar-refractivity contribution in [1.82, 2.24) is 16.0 Å². The number of hydrogen-bond acceptors (Lipinski definition) is 3. The molecule has 2 atom stereocenters. The first-order valence-corrected chi connectivity index (χ1v) is 8.93. The summed E-state index contributed by atoms with van der Waals surface area (Å²) in [4.78, 5) is 15.9. The Kier molecular flexibility index (Phi) is 11.6. The molecule has 1 rings (SSSR count). The van der Waals surface area contributed by atoms with Crippen molar-refractivity contribution in [3.8, 4) is 0 Å². The second kappa shape index (κ2) is 11.9. The van der Waals surface area contributed by atoms with Crippen LogP contribution in [0.15, 0.2) is 4.99 Å². The van der Waals surface area contributed by atoms with Crippen molar-refractivity contribution in [3.05, 3.63) is 0 Å². The summed E-state index contributed by atoms with van der Waals surface area (Å²) in [6, 6.07) is 0.332. The third-order valence-corrected chi connectivity index (χ3v) is 4.99. The van der Waals surface area contributed by atoms with Crippen LogP contribution in [-0.2, 0) is 9.53 Å². The standard InChI is InChI=1S/C17H34N4O2.HI/c1-6-10-19-15(22)12-20-16(18-5)21-13-11-14(23-9-4)17(13,7-2)8-3;/h13-14H,6-12H2,1-5H3,(H,19,22)(H2,18,20,21);1H. The minimum absolute atomic E-state index is 0. The highest BCUT2D eigenvalue weighted by atomic mass is 127. The van der Waals surface area contributed by atoms with Crippen LogP contribution >= 0.6 is 24.0 Å². The number of nitrogens with one attached hydrogen (secondary N) is 3. The van der Waals surface area contributed by atoms with Gasteiger partial charge in [-0.2, -0.15) is 0 Å². The molecule has 0 aliphatic heterocycles. The van der Waals surface area contributed by atoms with Gasteiger partial charge in [-0.05, 0) is 32.6 Å². The fourth-order valence-electron chi connectivity index (χ4n) is 3.43. The van der Waals surface area contributed by atoms with Gasteiger partial charge in [0, 0.05) is 31.7 Å². The largest absolute Gasteiger partial charge is 0.378 e. The third kappa shape index (κ3) is 5.75. The van der Waals surface area contributed by atoms with Gasteiger partial charge < -0.3 is 20.7 Å². The first-order valence-electron chi connectivity index (χ1n) is 8.93. The number of hydrogen-bond donors (Lipinski definition) is 3. The first-order chi connectivity index (χ1) is 11.1. The van der Waals surface area contributed by atoms with Crippen LogP contribution in [-0.4, -0.2) is 50.8 Å². The predicted molar refractivity (Wildman–Crippen MR) is 110 cm³/mol. The Bertz CT molecular complexity index is 400. The molecular formula is C17H35IN4O2. The van der Waals surface area contributed by atoms with Gasteiger partial charge in [-0.3, -0.25) is 9.79 Å². The SMILES string of the molecule is CCCNC(=O)CNC(=NC)NC1CC(OCC)C1(CC)CC.I. The Morgan fingerprint density at radius 1 is 1.21 bits per heavy atom. The van der Waals surface area contributed by atoms with Gasteiger partial charge in [0.05, 0.1) is 12.6 Å². The average Bonchev–Trinajstić information content (AvgIpc) is 2.56. The number of halogens is 1. The molecule has 1 aliphatic carbocycles. The van der Waals surface area contributed by atoms with Crippen molar-refractivity contribution in [2.45, 2.75) is 65.5 Å². The molecule has 0 aromatic rings. The first kappa shape index (κ1) is 23.4. The van der Waals surface area contributed by atoms with Gasteiger partial charge in [0.1, 0.15) is 0 Å². The molecule has 0 aromatic carbocycles. The Morgan fingerprint density at radius 3 is 2.38 bits per heavy atom. The molecule has 1 saturated carbocycles. The second-order valence-corrected chi connectivity index (χ2v) is 6.09. The molecule has 0 saturated heterocycles. The smallest absolute Gasteiger partial charge is 0.239 e. The molecule has 1 amide bonds. The highest BCUT2D eigenvalue weighted by Gasteiger charge is 2.53. The summed E-state index contributed by atoms with van der Waals surface area (Å²) in [6.45, 7) is 10.2. The molecule has 7 heteroatoms. The lowest BCUT2D eigenvalue weighted by Crippen LogP contribution is -2.65. The fourth-order valence-corrected chi connectivity index (χ4v) is 3.43. The minimum Gasteiger partial charge on any atom is -0.378 e. The molecule has 2 unspecified atom stereocenters. The predicted octanol–water partition coefficient (Wildman–Crippen LogP) is 2.28. The number of amides is 1. The fraction of sp³-hybridized carbons (Fsp3) is 0.882. The van der Waals surface area contributed by atoms with Crippen LogP contribution in [0, 0.1) is 5.41 Å². The van der Waals surface area contributed by atoms with E-state index < -0.39 is 0 Å². The highest BCUT2D eigenvalue weighted by molar-refractivity contribution is 14.0. The van der Waals surface area contributed by atoms with Crippen molar-refractivity contribution in [3.63, 3.8) is 0 Å². The molecule has 0 aromatic heterocycles. The molecule has 0 radical (unpaired) electrons. The number of guanidine groups is 1. The van der Waals surface area contributed by atoms with E-state index in [-0.39, 0.29) is 41.8 Å². The van der Waals surface area contributed by atoms with Crippen LogP contribution in [0.2, 0.25) is 0 Å². The Balaban J connectivity index is 0.00000529. The molecule has 3 N–H and O–H groups in total. The Morgan fingerprint density at radius 2 is 1.88 bits per heavy atom. The lowest BCUT2D eigenvalue weighted by molar-refractivity contribution is -0.133. The zero-order chi connectivity index (χ0) is 17.3. The van der Waals surface area contributed by atoms with Crippen LogP contribution in [0.4, 0.5) is 0 Å². The summed E-state index contributed by atoms with van der Waals surface area (Å²) in [5.41, 5.74) is 0.151. The number of nitrogens with zero attached hydrogens (tertiary/aromatic N) is 1. The summed E-state index contributed by atoms with van der Waals surface area (Å²) in [7, 11) is 1.73. The zero-order valence-electron chi connectivity index (χ0n) is 15.8. The Hall–Kier alpha value is -0.570. The van der Waals surface area contributed by atoms with Crippen molar-refractivity contribution < 1.29 is 9.53 Å². The number of ether oxygens (including phenoxy) is 1. The van der Waals surface area contributed by atoms with E-state index in [0.29, 0.717) is 24.7 Å². The average molecular weight is 454 g/mol. The molecule has 1 aliphatic rings. The van der Waals surface area contributed by atoms with Gasteiger partial charge in [0.25, 0.3) is 0 Å². The van der Waals surface area contributed by atoms with E-state index in [9.17, 15) is 4.79 Å². The topological polar surface area (TPSA) is 74.8 Å². The summed E-state index contributed by atoms with van der Waals surface area (Å²) in [5.74, 6) is 0.677. The van der Waals surface area contributed by atoms with Gasteiger partial charge in [0.2, 0.25) is 5.91 Å². The highest BCUT2D eigenvalue weighted by Crippen LogP contribution is 2.48. The van der Waals surface area contributed by atoms with Gasteiger partial charge in [-0.25, -0.2) is 0 Å². The van der Waals surface area contributed by atoms with E-state index in [1.807, 2.05) is 13.8 Å². The van der Waals surface area contributed by atoms with Crippen LogP contribution < -0.4 is 16.0 Å². The molecule has 142 valence electrons. The second-order valence-electron chi connectivity index (χ2n) is 6.09. The number of rotatable bonds is 9. The zero-order valence-corrected chi connectivity index (χ0v) is 18.1. The van der Waals surface area contributed by atoms with Gasteiger partial charge in [0.15, 0.2) is 5.96 Å². The van der Waals surface area contributed by atoms with Crippen molar-refractivity contribution in [2.24, 2.45) is 10.4 Å². The number of carbonyl (C=O) groups is 1. The third-order valence-electron chi connectivity index (χ3n) is 4.99. The molecule has 0 spiro atoms. The van der Waals surface area contributed by atoms with E-state index in [0.717, 1.165) is 32.3 Å². The van der Waals surface area contributed by atoms with Crippen molar-refractivity contribution >= 4 is 35.8 Å². The van der Waals surface area contributed by atoms with E-state index in [2.05, 4.69) is 34.8 Å². The lowest BCUT2D eigenvalue weighted by Gasteiger charge is -2.55. The molecular weight excluding hydrogens is 419 g/mol. The van der Waals surface area contributed by atoms with Crippen LogP contribution in [0.5, 0.6) is 0 Å². The van der Waals surface area contributed by atoms with E-state index in [1.165, 1.54) is 0 Å². The molecule has 24 heavy (non-hydrogen) atoms. The quantitative estimate of drug-likeness (QED) is 0.284. The molecule has 0 heterocycles. The minimum atomic E-state index is -0.00662. The maximum atomic E-state index is 11.7.